The number of aryl methyl sites for hydroxylation is 2. The molecule has 41 heavy (non-hydrogen) atoms. The van der Waals surface area contributed by atoms with Gasteiger partial charge in [-0.2, -0.15) is 10.2 Å². The van der Waals surface area contributed by atoms with E-state index in [1.807, 2.05) is 50.2 Å². The van der Waals surface area contributed by atoms with Crippen LogP contribution in [0.15, 0.2) is 82.2 Å². The van der Waals surface area contributed by atoms with E-state index in [9.17, 15) is 14.4 Å². The van der Waals surface area contributed by atoms with E-state index in [1.165, 1.54) is 10.0 Å². The monoisotopic (exact) mass is 570 g/mol. The molecule has 6 rings (SSSR count). The summed E-state index contributed by atoms with van der Waals surface area (Å²) in [4.78, 5) is 41.4. The zero-order valence-electron chi connectivity index (χ0n) is 22.7. The van der Waals surface area contributed by atoms with Gasteiger partial charge in [-0.25, -0.2) is 9.91 Å². The van der Waals surface area contributed by atoms with E-state index >= 15 is 0 Å². The highest BCUT2D eigenvalue weighted by molar-refractivity contribution is 6.31. The Morgan fingerprint density at radius 3 is 2.41 bits per heavy atom. The van der Waals surface area contributed by atoms with E-state index in [0.29, 0.717) is 22.9 Å². The standard InChI is InChI=1S/C30H27ClN6O4/c1-17-4-13-23(18(2)14-17)24-15-25(19-5-11-22(41-3)12-6-19)37(33-24)26(38)16-35-28-27(32-34-35)29(39)36(30(28)40)21-9-7-20(31)8-10-21/h4-14,25,27-28H,15-16H2,1-3H3/t25-,27+,28-/m1/s1. The van der Waals surface area contributed by atoms with Crippen LogP contribution in [0.25, 0.3) is 0 Å². The normalized spacial score (nSPS) is 21.5. The summed E-state index contributed by atoms with van der Waals surface area (Å²) in [5.41, 5.74) is 5.26. The number of hydrazone groups is 1. The number of rotatable bonds is 6. The predicted molar refractivity (Wildman–Crippen MR) is 153 cm³/mol. The van der Waals surface area contributed by atoms with Gasteiger partial charge in [-0.1, -0.05) is 52.7 Å². The lowest BCUT2D eigenvalue weighted by Gasteiger charge is -2.25. The van der Waals surface area contributed by atoms with E-state index in [1.54, 1.807) is 31.4 Å². The van der Waals surface area contributed by atoms with Gasteiger partial charge in [-0.05, 0) is 61.4 Å². The smallest absolute Gasteiger partial charge is 0.264 e. The molecular weight excluding hydrogens is 544 g/mol. The lowest BCUT2D eigenvalue weighted by molar-refractivity contribution is -0.135. The van der Waals surface area contributed by atoms with Crippen molar-refractivity contribution in [2.75, 3.05) is 18.6 Å². The van der Waals surface area contributed by atoms with Gasteiger partial charge in [-0.15, -0.1) is 0 Å². The molecule has 3 amide bonds. The Morgan fingerprint density at radius 1 is 1.00 bits per heavy atom. The Balaban J connectivity index is 1.27. The van der Waals surface area contributed by atoms with Crippen LogP contribution in [0.2, 0.25) is 5.02 Å². The molecule has 0 N–H and O–H groups in total. The number of fused-ring (bicyclic) bond motifs is 1. The lowest BCUT2D eigenvalue weighted by atomic mass is 9.95. The number of anilines is 1. The molecule has 3 heterocycles. The Bertz CT molecular complexity index is 1600. The minimum atomic E-state index is -1.02. The van der Waals surface area contributed by atoms with Crippen LogP contribution < -0.4 is 9.64 Å². The fraction of sp³-hybridized carbons (Fsp3) is 0.267. The van der Waals surface area contributed by atoms with Crippen molar-refractivity contribution in [2.45, 2.75) is 38.4 Å². The van der Waals surface area contributed by atoms with E-state index in [-0.39, 0.29) is 18.5 Å². The van der Waals surface area contributed by atoms with E-state index in [4.69, 9.17) is 21.4 Å². The van der Waals surface area contributed by atoms with Crippen LogP contribution in [-0.4, -0.2) is 59.2 Å². The van der Waals surface area contributed by atoms with Crippen molar-refractivity contribution in [1.82, 2.24) is 10.0 Å². The molecule has 0 aromatic heterocycles. The Kier molecular flexibility index (Phi) is 6.78. The highest BCUT2D eigenvalue weighted by Gasteiger charge is 2.55. The van der Waals surface area contributed by atoms with Gasteiger partial charge >= 0.3 is 0 Å². The minimum Gasteiger partial charge on any atom is -0.497 e. The van der Waals surface area contributed by atoms with Crippen LogP contribution in [-0.2, 0) is 14.4 Å². The number of nitrogens with zero attached hydrogens (tertiary/aromatic N) is 6. The first-order chi connectivity index (χ1) is 19.7. The van der Waals surface area contributed by atoms with E-state index in [2.05, 4.69) is 16.4 Å². The summed E-state index contributed by atoms with van der Waals surface area (Å²) in [6, 6.07) is 17.7. The highest BCUT2D eigenvalue weighted by Crippen LogP contribution is 2.36. The van der Waals surface area contributed by atoms with Crippen molar-refractivity contribution in [3.63, 3.8) is 0 Å². The second kappa shape index (κ2) is 10.4. The summed E-state index contributed by atoms with van der Waals surface area (Å²) in [5.74, 6) is -0.644. The van der Waals surface area contributed by atoms with Crippen molar-refractivity contribution >= 4 is 40.7 Å². The fourth-order valence-corrected chi connectivity index (χ4v) is 5.66. The molecule has 0 bridgehead atoms. The van der Waals surface area contributed by atoms with Gasteiger partial charge in [0.25, 0.3) is 17.7 Å². The zero-order valence-corrected chi connectivity index (χ0v) is 23.4. The predicted octanol–water partition coefficient (Wildman–Crippen LogP) is 4.64. The number of benzene rings is 3. The number of halogens is 1. The molecule has 3 aromatic carbocycles. The average molecular weight is 571 g/mol. The summed E-state index contributed by atoms with van der Waals surface area (Å²) in [7, 11) is 1.60. The van der Waals surface area contributed by atoms with Gasteiger partial charge in [0.05, 0.1) is 24.6 Å². The number of amides is 3. The highest BCUT2D eigenvalue weighted by atomic mass is 35.5. The molecule has 10 nitrogen and oxygen atoms in total. The Labute approximate surface area is 241 Å². The molecule has 3 aliphatic rings. The second-order valence-electron chi connectivity index (χ2n) is 10.3. The molecule has 0 aliphatic carbocycles. The molecule has 1 saturated heterocycles. The van der Waals surface area contributed by atoms with Crippen LogP contribution in [0, 0.1) is 13.8 Å². The number of ether oxygens (including phenoxy) is 1. The first-order valence-electron chi connectivity index (χ1n) is 13.2. The van der Waals surface area contributed by atoms with Crippen LogP contribution in [0.1, 0.15) is 34.7 Å². The van der Waals surface area contributed by atoms with Crippen LogP contribution in [0.5, 0.6) is 5.75 Å². The van der Waals surface area contributed by atoms with Crippen molar-refractivity contribution in [2.24, 2.45) is 15.4 Å². The number of imide groups is 1. The number of hydrogen-bond acceptors (Lipinski definition) is 8. The molecule has 0 saturated carbocycles. The zero-order chi connectivity index (χ0) is 28.8. The third kappa shape index (κ3) is 4.74. The van der Waals surface area contributed by atoms with Gasteiger partial charge in [0.2, 0.25) is 0 Å². The average Bonchev–Trinajstić information content (AvgIpc) is 3.65. The maximum absolute atomic E-state index is 13.8. The number of carbonyl (C=O) groups excluding carboxylic acids is 3. The van der Waals surface area contributed by atoms with Gasteiger partial charge in [0.15, 0.2) is 12.1 Å². The molecule has 3 aromatic rings. The lowest BCUT2D eigenvalue weighted by Crippen LogP contribution is -2.44. The third-order valence-corrected chi connectivity index (χ3v) is 7.85. The van der Waals surface area contributed by atoms with E-state index < -0.39 is 23.9 Å². The van der Waals surface area contributed by atoms with Gasteiger partial charge in [0.1, 0.15) is 12.3 Å². The molecule has 1 fully saturated rings. The molecular formula is C30H27ClN6O4. The molecule has 0 radical (unpaired) electrons. The van der Waals surface area contributed by atoms with Crippen molar-refractivity contribution in [3.05, 3.63) is 94.0 Å². The largest absolute Gasteiger partial charge is 0.497 e. The molecule has 11 heteroatoms. The van der Waals surface area contributed by atoms with Crippen LogP contribution in [0.4, 0.5) is 5.69 Å². The molecule has 3 aliphatic heterocycles. The SMILES string of the molecule is COc1ccc([C@H]2CC(c3ccc(C)cc3C)=NN2C(=O)CN2N=N[C@@H]3C(=O)N(c4ccc(Cl)cc4)C(=O)[C@@H]32)cc1. The van der Waals surface area contributed by atoms with Crippen LogP contribution in [0.3, 0.4) is 0 Å². The van der Waals surface area contributed by atoms with Crippen LogP contribution >= 0.6 is 11.6 Å². The second-order valence-corrected chi connectivity index (χ2v) is 10.7. The first-order valence-corrected chi connectivity index (χ1v) is 13.5. The fourth-order valence-electron chi connectivity index (χ4n) is 5.54. The van der Waals surface area contributed by atoms with Crippen molar-refractivity contribution < 1.29 is 19.1 Å². The Morgan fingerprint density at radius 2 is 1.73 bits per heavy atom. The molecule has 208 valence electrons. The quantitative estimate of drug-likeness (QED) is 0.401. The van der Waals surface area contributed by atoms with Crippen molar-refractivity contribution in [1.29, 1.82) is 0 Å². The Hall–Kier alpha value is -4.57. The maximum atomic E-state index is 13.8. The molecule has 0 spiro atoms. The third-order valence-electron chi connectivity index (χ3n) is 7.60. The summed E-state index contributed by atoms with van der Waals surface area (Å²) in [6.07, 6.45) is 0.511. The maximum Gasteiger partial charge on any atom is 0.264 e. The topological polar surface area (TPSA) is 107 Å². The minimum absolute atomic E-state index is 0.269. The first kappa shape index (κ1) is 26.6. The summed E-state index contributed by atoms with van der Waals surface area (Å²) < 4.78 is 5.31. The number of carbonyl (C=O) groups is 3. The van der Waals surface area contributed by atoms with Gasteiger partial charge in [-0.3, -0.25) is 19.4 Å². The molecule has 3 atom stereocenters. The molecule has 0 unspecified atom stereocenters. The summed E-state index contributed by atoms with van der Waals surface area (Å²) >= 11 is 5.98. The summed E-state index contributed by atoms with van der Waals surface area (Å²) in [5, 5.41) is 16.1. The number of hydrogen-bond donors (Lipinski definition) is 0. The van der Waals surface area contributed by atoms with Crippen molar-refractivity contribution in [3.8, 4) is 5.75 Å². The van der Waals surface area contributed by atoms with Gasteiger partial charge in [0, 0.05) is 17.0 Å². The van der Waals surface area contributed by atoms with E-state index in [0.717, 1.165) is 32.9 Å². The van der Waals surface area contributed by atoms with Gasteiger partial charge < -0.3 is 4.74 Å². The summed E-state index contributed by atoms with van der Waals surface area (Å²) in [6.45, 7) is 3.79. The number of methoxy groups -OCH3 is 1.